The van der Waals surface area contributed by atoms with Crippen molar-refractivity contribution in [3.05, 3.63) is 11.7 Å². The number of rotatable bonds is 1. The fraction of sp³-hybridized carbons (Fsp3) is 0.750. The first-order valence-electron chi connectivity index (χ1n) is 4.34. The largest absolute Gasteiger partial charge is 0.376 e. The predicted octanol–water partition coefficient (Wildman–Crippen LogP) is 0.341. The third-order valence-corrected chi connectivity index (χ3v) is 2.55. The van der Waals surface area contributed by atoms with Gasteiger partial charge in [-0.15, -0.1) is 0 Å². The number of nitrogens with zero attached hydrogens (tertiary/aromatic N) is 2. The maximum absolute atomic E-state index is 6.13. The normalized spacial score (nSPS) is 33.9. The fourth-order valence-corrected chi connectivity index (χ4v) is 1.54. The minimum absolute atomic E-state index is 0.0514. The molecule has 0 saturated carbocycles. The highest BCUT2D eigenvalue weighted by Gasteiger charge is 2.43. The van der Waals surface area contributed by atoms with Gasteiger partial charge in [0.15, 0.2) is 5.82 Å². The van der Waals surface area contributed by atoms with Crippen molar-refractivity contribution in [1.82, 2.24) is 10.1 Å². The summed E-state index contributed by atoms with van der Waals surface area (Å²) < 4.78 is 10.3. The third-order valence-electron chi connectivity index (χ3n) is 2.55. The van der Waals surface area contributed by atoms with Gasteiger partial charge in [0.05, 0.1) is 6.10 Å². The van der Waals surface area contributed by atoms with Crippen LogP contribution in [-0.2, 0) is 10.3 Å². The summed E-state index contributed by atoms with van der Waals surface area (Å²) in [6.07, 6.45) is 0.692. The predicted molar refractivity (Wildman–Crippen MR) is 44.9 cm³/mol. The topological polar surface area (TPSA) is 74.2 Å². The van der Waals surface area contributed by atoms with Crippen LogP contribution in [-0.4, -0.2) is 22.9 Å². The van der Waals surface area contributed by atoms with E-state index >= 15 is 0 Å². The van der Waals surface area contributed by atoms with Gasteiger partial charge in [0.1, 0.15) is 5.54 Å². The maximum atomic E-state index is 6.13. The second-order valence-electron chi connectivity index (χ2n) is 3.44. The van der Waals surface area contributed by atoms with Crippen LogP contribution in [0.5, 0.6) is 0 Å². The molecule has 1 saturated heterocycles. The monoisotopic (exact) mass is 183 g/mol. The van der Waals surface area contributed by atoms with Crippen molar-refractivity contribution in [3.8, 4) is 0 Å². The van der Waals surface area contributed by atoms with Crippen molar-refractivity contribution in [2.45, 2.75) is 31.9 Å². The van der Waals surface area contributed by atoms with Crippen molar-refractivity contribution in [2.24, 2.45) is 5.73 Å². The molecule has 1 aliphatic heterocycles. The lowest BCUT2D eigenvalue weighted by Gasteiger charge is -2.22. The van der Waals surface area contributed by atoms with Gasteiger partial charge in [-0.1, -0.05) is 5.16 Å². The van der Waals surface area contributed by atoms with Gasteiger partial charge in [-0.25, -0.2) is 0 Å². The summed E-state index contributed by atoms with van der Waals surface area (Å²) in [6, 6.07) is 0. The van der Waals surface area contributed by atoms with Gasteiger partial charge in [0, 0.05) is 13.5 Å². The maximum Gasteiger partial charge on any atom is 0.223 e. The van der Waals surface area contributed by atoms with Gasteiger partial charge in [0.2, 0.25) is 5.89 Å². The molecule has 1 aliphatic rings. The molecule has 0 amide bonds. The lowest BCUT2D eigenvalue weighted by Crippen LogP contribution is -2.43. The molecule has 0 spiro atoms. The third kappa shape index (κ3) is 1.24. The number of hydrogen-bond donors (Lipinski definition) is 1. The van der Waals surface area contributed by atoms with Gasteiger partial charge in [0.25, 0.3) is 0 Å². The molecular weight excluding hydrogens is 170 g/mol. The summed E-state index contributed by atoms with van der Waals surface area (Å²) in [5, 5.41) is 3.83. The molecule has 0 aromatic carbocycles. The van der Waals surface area contributed by atoms with Crippen LogP contribution in [0.2, 0.25) is 0 Å². The molecular formula is C8H13N3O2. The first-order valence-corrected chi connectivity index (χ1v) is 4.34. The zero-order chi connectivity index (χ0) is 9.47. The molecule has 5 nitrogen and oxygen atoms in total. The van der Waals surface area contributed by atoms with E-state index in [1.807, 2.05) is 6.92 Å². The van der Waals surface area contributed by atoms with Crippen LogP contribution in [0.25, 0.3) is 0 Å². The second-order valence-corrected chi connectivity index (χ2v) is 3.44. The Morgan fingerprint density at radius 1 is 1.62 bits per heavy atom. The number of aromatic nitrogens is 2. The Hall–Kier alpha value is -0.940. The van der Waals surface area contributed by atoms with E-state index in [-0.39, 0.29) is 6.10 Å². The standard InChI is InChI=1S/C8H13N3O2/c1-5-8(9,3-4-12-5)7-10-6(2)13-11-7/h5H,3-4,9H2,1-2H3. The number of nitrogens with two attached hydrogens (primary N) is 1. The fourth-order valence-electron chi connectivity index (χ4n) is 1.54. The van der Waals surface area contributed by atoms with Gasteiger partial charge >= 0.3 is 0 Å². The lowest BCUT2D eigenvalue weighted by atomic mass is 9.93. The minimum atomic E-state index is -0.572. The summed E-state index contributed by atoms with van der Waals surface area (Å²) >= 11 is 0. The van der Waals surface area contributed by atoms with E-state index in [0.29, 0.717) is 18.3 Å². The van der Waals surface area contributed by atoms with Crippen LogP contribution < -0.4 is 5.73 Å². The summed E-state index contributed by atoms with van der Waals surface area (Å²) in [4.78, 5) is 4.13. The Morgan fingerprint density at radius 3 is 2.85 bits per heavy atom. The minimum Gasteiger partial charge on any atom is -0.376 e. The van der Waals surface area contributed by atoms with Crippen molar-refractivity contribution in [3.63, 3.8) is 0 Å². The first-order chi connectivity index (χ1) is 6.13. The van der Waals surface area contributed by atoms with E-state index in [0.717, 1.165) is 6.42 Å². The molecule has 1 aromatic heterocycles. The molecule has 2 atom stereocenters. The highest BCUT2D eigenvalue weighted by atomic mass is 16.5. The molecule has 2 unspecified atom stereocenters. The Bertz CT molecular complexity index is 312. The molecule has 1 aromatic rings. The summed E-state index contributed by atoms with van der Waals surface area (Å²) in [7, 11) is 0. The molecule has 0 aliphatic carbocycles. The van der Waals surface area contributed by atoms with Crippen molar-refractivity contribution in [1.29, 1.82) is 0 Å². The molecule has 13 heavy (non-hydrogen) atoms. The molecule has 5 heteroatoms. The highest BCUT2D eigenvalue weighted by molar-refractivity contribution is 5.09. The smallest absolute Gasteiger partial charge is 0.223 e. The van der Waals surface area contributed by atoms with E-state index in [1.165, 1.54) is 0 Å². The van der Waals surface area contributed by atoms with Crippen molar-refractivity contribution in [2.75, 3.05) is 6.61 Å². The van der Waals surface area contributed by atoms with Crippen LogP contribution in [0.4, 0.5) is 0 Å². The number of ether oxygens (including phenoxy) is 1. The van der Waals surface area contributed by atoms with Crippen molar-refractivity contribution >= 4 is 0 Å². The first kappa shape index (κ1) is 8.65. The summed E-state index contributed by atoms with van der Waals surface area (Å²) in [6.45, 7) is 4.34. The molecule has 0 bridgehead atoms. The van der Waals surface area contributed by atoms with Gasteiger partial charge in [-0.2, -0.15) is 4.98 Å². The summed E-state index contributed by atoms with van der Waals surface area (Å²) in [5.74, 6) is 1.09. The average molecular weight is 183 g/mol. The van der Waals surface area contributed by atoms with Crippen LogP contribution in [0, 0.1) is 6.92 Å². The van der Waals surface area contributed by atoms with Crippen LogP contribution in [0.1, 0.15) is 25.1 Å². The van der Waals surface area contributed by atoms with E-state index < -0.39 is 5.54 Å². The Kier molecular flexibility index (Phi) is 1.85. The summed E-state index contributed by atoms with van der Waals surface area (Å²) in [5.41, 5.74) is 5.56. The zero-order valence-electron chi connectivity index (χ0n) is 7.78. The van der Waals surface area contributed by atoms with Gasteiger partial charge < -0.3 is 15.0 Å². The van der Waals surface area contributed by atoms with E-state index in [4.69, 9.17) is 15.0 Å². The molecule has 0 radical (unpaired) electrons. The number of hydrogen-bond acceptors (Lipinski definition) is 5. The zero-order valence-corrected chi connectivity index (χ0v) is 7.78. The lowest BCUT2D eigenvalue weighted by molar-refractivity contribution is 0.0918. The second kappa shape index (κ2) is 2.78. The van der Waals surface area contributed by atoms with Crippen molar-refractivity contribution < 1.29 is 9.26 Å². The number of aryl methyl sites for hydroxylation is 1. The van der Waals surface area contributed by atoms with E-state index in [2.05, 4.69) is 10.1 Å². The molecule has 1 fully saturated rings. The Balaban J connectivity index is 2.33. The van der Waals surface area contributed by atoms with E-state index in [9.17, 15) is 0 Å². The molecule has 2 heterocycles. The molecule has 72 valence electrons. The van der Waals surface area contributed by atoms with Gasteiger partial charge in [-0.3, -0.25) is 0 Å². The van der Waals surface area contributed by atoms with E-state index in [1.54, 1.807) is 6.92 Å². The van der Waals surface area contributed by atoms with Crippen LogP contribution in [0.3, 0.4) is 0 Å². The quantitative estimate of drug-likeness (QED) is 0.679. The van der Waals surface area contributed by atoms with Crippen LogP contribution in [0.15, 0.2) is 4.52 Å². The Labute approximate surface area is 76.3 Å². The van der Waals surface area contributed by atoms with Gasteiger partial charge in [-0.05, 0) is 13.3 Å². The Morgan fingerprint density at radius 2 is 2.38 bits per heavy atom. The molecule has 2 rings (SSSR count). The molecule has 2 N–H and O–H groups in total. The average Bonchev–Trinajstić information content (AvgIpc) is 2.62. The highest BCUT2D eigenvalue weighted by Crippen LogP contribution is 2.31. The van der Waals surface area contributed by atoms with Crippen LogP contribution >= 0.6 is 0 Å². The SMILES string of the molecule is Cc1nc(C2(N)CCOC2C)no1.